The van der Waals surface area contributed by atoms with Crippen LogP contribution in [0.2, 0.25) is 0 Å². The largest absolute Gasteiger partial charge is 0.492 e. The van der Waals surface area contributed by atoms with Gasteiger partial charge < -0.3 is 29.3 Å². The molecule has 3 aromatic rings. The van der Waals surface area contributed by atoms with Crippen molar-refractivity contribution in [3.05, 3.63) is 76.9 Å². The standard InChI is InChI=1S/C33H37NO7/c1-20-13-28(41-26-9-11-34(12-10-26)33(38)22(3)35)14-21(2)32(20)24-6-4-5-23(15-24)18-39-27-7-8-29-25(16-31(36)37)19-40-30(29)17-27/h4-8,13-15,17,22,25-26,35H,9-12,16,18-19H2,1-3H3,(H,36,37)/t22-,25+/m0/s1. The number of aryl methyl sites for hydroxylation is 2. The summed E-state index contributed by atoms with van der Waals surface area (Å²) >= 11 is 0. The third-order valence-electron chi connectivity index (χ3n) is 7.83. The lowest BCUT2D eigenvalue weighted by atomic mass is 9.94. The molecular weight excluding hydrogens is 522 g/mol. The van der Waals surface area contributed by atoms with Crippen molar-refractivity contribution in [3.63, 3.8) is 0 Å². The van der Waals surface area contributed by atoms with Crippen molar-refractivity contribution >= 4 is 11.9 Å². The summed E-state index contributed by atoms with van der Waals surface area (Å²) in [5.74, 6) is 1.02. The maximum Gasteiger partial charge on any atom is 0.304 e. The second kappa shape index (κ2) is 12.2. The Morgan fingerprint density at radius 1 is 1.02 bits per heavy atom. The molecule has 2 atom stereocenters. The molecule has 0 aromatic heterocycles. The fraction of sp³-hybridized carbons (Fsp3) is 0.394. The maximum atomic E-state index is 12.0. The van der Waals surface area contributed by atoms with E-state index in [2.05, 4.69) is 38.1 Å². The molecule has 0 spiro atoms. The van der Waals surface area contributed by atoms with Crippen LogP contribution in [0.25, 0.3) is 11.1 Å². The molecule has 8 nitrogen and oxygen atoms in total. The van der Waals surface area contributed by atoms with Crippen molar-refractivity contribution in [2.75, 3.05) is 19.7 Å². The Hall–Kier alpha value is -4.04. The number of carboxylic acids is 1. The summed E-state index contributed by atoms with van der Waals surface area (Å²) in [6.07, 6.45) is 0.590. The van der Waals surface area contributed by atoms with E-state index in [9.17, 15) is 14.7 Å². The van der Waals surface area contributed by atoms with E-state index in [-0.39, 0.29) is 24.3 Å². The van der Waals surface area contributed by atoms with Gasteiger partial charge in [0.05, 0.1) is 13.0 Å². The van der Waals surface area contributed by atoms with Crippen molar-refractivity contribution in [2.24, 2.45) is 0 Å². The SMILES string of the molecule is Cc1cc(OC2CCN(C(=O)[C@H](C)O)CC2)cc(C)c1-c1cccc(COc2ccc3c(c2)OC[C@H]3CC(=O)O)c1. The predicted octanol–water partition coefficient (Wildman–Crippen LogP) is 5.25. The van der Waals surface area contributed by atoms with Gasteiger partial charge in [-0.15, -0.1) is 0 Å². The predicted molar refractivity (Wildman–Crippen MR) is 155 cm³/mol. The van der Waals surface area contributed by atoms with E-state index in [1.807, 2.05) is 30.3 Å². The number of aliphatic hydroxyl groups is 1. The average Bonchev–Trinajstić information content (AvgIpc) is 3.33. The summed E-state index contributed by atoms with van der Waals surface area (Å²) in [6, 6.07) is 18.0. The van der Waals surface area contributed by atoms with E-state index in [0.29, 0.717) is 37.8 Å². The molecule has 2 aliphatic rings. The number of likely N-dealkylation sites (tertiary alicyclic amines) is 1. The Bertz CT molecular complexity index is 1400. The number of ether oxygens (including phenoxy) is 3. The second-order valence-corrected chi connectivity index (χ2v) is 11.0. The van der Waals surface area contributed by atoms with Crippen molar-refractivity contribution in [1.29, 1.82) is 0 Å². The molecule has 2 heterocycles. The van der Waals surface area contributed by atoms with Crippen LogP contribution in [0.3, 0.4) is 0 Å². The van der Waals surface area contributed by atoms with Crippen molar-refractivity contribution in [1.82, 2.24) is 4.90 Å². The minimum atomic E-state index is -0.969. The molecule has 0 radical (unpaired) electrons. The van der Waals surface area contributed by atoms with Gasteiger partial charge in [0.25, 0.3) is 5.91 Å². The molecule has 5 rings (SSSR count). The van der Waals surface area contributed by atoms with Crippen LogP contribution in [0.5, 0.6) is 17.2 Å². The summed E-state index contributed by atoms with van der Waals surface area (Å²) in [4.78, 5) is 24.9. The molecular formula is C33H37NO7. The van der Waals surface area contributed by atoms with Crippen LogP contribution in [0.4, 0.5) is 0 Å². The number of piperidine rings is 1. The highest BCUT2D eigenvalue weighted by Crippen LogP contribution is 2.38. The smallest absolute Gasteiger partial charge is 0.304 e. The van der Waals surface area contributed by atoms with E-state index < -0.39 is 12.1 Å². The van der Waals surface area contributed by atoms with Gasteiger partial charge in [0.15, 0.2) is 0 Å². The third kappa shape index (κ3) is 6.65. The zero-order valence-corrected chi connectivity index (χ0v) is 23.8. The number of carbonyl (C=O) groups excluding carboxylic acids is 1. The lowest BCUT2D eigenvalue weighted by molar-refractivity contribution is -0.141. The molecule has 8 heteroatoms. The normalized spacial score (nSPS) is 17.5. The van der Waals surface area contributed by atoms with Gasteiger partial charge in [-0.25, -0.2) is 0 Å². The van der Waals surface area contributed by atoms with Crippen LogP contribution >= 0.6 is 0 Å². The van der Waals surface area contributed by atoms with Crippen LogP contribution in [-0.2, 0) is 16.2 Å². The fourth-order valence-electron chi connectivity index (χ4n) is 5.81. The molecule has 1 amide bonds. The van der Waals surface area contributed by atoms with Gasteiger partial charge >= 0.3 is 5.97 Å². The molecule has 1 fully saturated rings. The summed E-state index contributed by atoms with van der Waals surface area (Å²) in [5.41, 5.74) is 6.44. The average molecular weight is 560 g/mol. The monoisotopic (exact) mass is 559 g/mol. The van der Waals surface area contributed by atoms with Crippen LogP contribution < -0.4 is 14.2 Å². The third-order valence-corrected chi connectivity index (χ3v) is 7.83. The van der Waals surface area contributed by atoms with Gasteiger partial charge in [0.2, 0.25) is 0 Å². The number of hydrogen-bond donors (Lipinski definition) is 2. The Kier molecular flexibility index (Phi) is 8.49. The minimum Gasteiger partial charge on any atom is -0.492 e. The van der Waals surface area contributed by atoms with E-state index >= 15 is 0 Å². The first kappa shape index (κ1) is 28.5. The Morgan fingerprint density at radius 2 is 1.76 bits per heavy atom. The Balaban J connectivity index is 1.22. The number of aliphatic hydroxyl groups excluding tert-OH is 1. The van der Waals surface area contributed by atoms with Gasteiger partial charge in [0.1, 0.15) is 36.1 Å². The zero-order chi connectivity index (χ0) is 29.1. The minimum absolute atomic E-state index is 0.0332. The summed E-state index contributed by atoms with van der Waals surface area (Å²) in [5, 5.41) is 18.7. The molecule has 0 bridgehead atoms. The van der Waals surface area contributed by atoms with Crippen molar-refractivity contribution < 1.29 is 34.0 Å². The highest BCUT2D eigenvalue weighted by atomic mass is 16.5. The number of carboxylic acid groups (broad SMARTS) is 1. The number of aliphatic carboxylic acids is 1. The van der Waals surface area contributed by atoms with E-state index in [4.69, 9.17) is 19.3 Å². The van der Waals surface area contributed by atoms with Gasteiger partial charge in [-0.3, -0.25) is 9.59 Å². The first-order chi connectivity index (χ1) is 19.7. The highest BCUT2D eigenvalue weighted by Gasteiger charge is 2.27. The van der Waals surface area contributed by atoms with Crippen LogP contribution in [0, 0.1) is 13.8 Å². The van der Waals surface area contributed by atoms with Gasteiger partial charge in [-0.2, -0.15) is 0 Å². The van der Waals surface area contributed by atoms with Crippen molar-refractivity contribution in [3.8, 4) is 28.4 Å². The summed E-state index contributed by atoms with van der Waals surface area (Å²) < 4.78 is 18.1. The van der Waals surface area contributed by atoms with Gasteiger partial charge in [-0.05, 0) is 72.9 Å². The van der Waals surface area contributed by atoms with Crippen LogP contribution in [0.15, 0.2) is 54.6 Å². The topological polar surface area (TPSA) is 106 Å². The number of amides is 1. The van der Waals surface area contributed by atoms with Crippen LogP contribution in [0.1, 0.15) is 54.4 Å². The number of hydrogen-bond acceptors (Lipinski definition) is 6. The fourth-order valence-corrected chi connectivity index (χ4v) is 5.81. The van der Waals surface area contributed by atoms with E-state index in [1.165, 1.54) is 6.92 Å². The van der Waals surface area contributed by atoms with E-state index in [0.717, 1.165) is 52.0 Å². The van der Waals surface area contributed by atoms with Gasteiger partial charge in [0, 0.05) is 43.5 Å². The number of carbonyl (C=O) groups is 2. The van der Waals surface area contributed by atoms with Crippen molar-refractivity contribution in [2.45, 2.75) is 64.8 Å². The molecule has 0 saturated carbocycles. The summed E-state index contributed by atoms with van der Waals surface area (Å²) in [6.45, 7) is 7.62. The lowest BCUT2D eigenvalue weighted by Gasteiger charge is -2.33. The Labute approximate surface area is 240 Å². The molecule has 3 aromatic carbocycles. The lowest BCUT2D eigenvalue weighted by Crippen LogP contribution is -2.45. The maximum absolute atomic E-state index is 12.0. The van der Waals surface area contributed by atoms with Crippen LogP contribution in [-0.4, -0.2) is 58.9 Å². The first-order valence-corrected chi connectivity index (χ1v) is 14.1. The zero-order valence-electron chi connectivity index (χ0n) is 23.8. The molecule has 2 N–H and O–H groups in total. The molecule has 1 saturated heterocycles. The summed E-state index contributed by atoms with van der Waals surface area (Å²) in [7, 11) is 0. The number of nitrogens with zero attached hydrogens (tertiary/aromatic N) is 1. The number of rotatable bonds is 9. The van der Waals surface area contributed by atoms with Gasteiger partial charge in [-0.1, -0.05) is 24.3 Å². The second-order valence-electron chi connectivity index (χ2n) is 11.0. The first-order valence-electron chi connectivity index (χ1n) is 14.1. The van der Waals surface area contributed by atoms with E-state index in [1.54, 1.807) is 4.90 Å². The number of fused-ring (bicyclic) bond motifs is 1. The molecule has 2 aliphatic heterocycles. The molecule has 216 valence electrons. The molecule has 0 unspecified atom stereocenters. The highest BCUT2D eigenvalue weighted by molar-refractivity contribution is 5.80. The molecule has 0 aliphatic carbocycles. The Morgan fingerprint density at radius 3 is 2.44 bits per heavy atom. The molecule has 41 heavy (non-hydrogen) atoms. The number of benzene rings is 3. The quantitative estimate of drug-likeness (QED) is 0.369.